The molecule has 7 nitrogen and oxygen atoms in total. The Kier molecular flexibility index (Phi) is 5.50. The monoisotopic (exact) mass is 426 g/mol. The summed E-state index contributed by atoms with van der Waals surface area (Å²) in [6.45, 7) is -0.971. The molecule has 2 aromatic carbocycles. The zero-order chi connectivity index (χ0) is 19.6. The molecule has 0 aromatic heterocycles. The van der Waals surface area contributed by atoms with Crippen LogP contribution in [-0.2, 0) is 19.6 Å². The molecule has 140 valence electrons. The van der Waals surface area contributed by atoms with Crippen LogP contribution < -0.4 is 4.72 Å². The molecule has 0 bridgehead atoms. The molecule has 0 atom stereocenters. The number of hydrogen-bond acceptors (Lipinski definition) is 6. The smallest absolute Gasteiger partial charge is 0.328 e. The third-order valence-electron chi connectivity index (χ3n) is 3.62. The van der Waals surface area contributed by atoms with Crippen LogP contribution in [-0.4, -0.2) is 39.2 Å². The number of fused-ring (bicyclic) bond motifs is 1. The molecule has 0 fully saturated rings. The van der Waals surface area contributed by atoms with Gasteiger partial charge in [0, 0.05) is 16.1 Å². The van der Waals surface area contributed by atoms with Crippen LogP contribution in [0, 0.1) is 0 Å². The van der Waals surface area contributed by atoms with Gasteiger partial charge in [-0.15, -0.1) is 0 Å². The minimum atomic E-state index is -3.69. The van der Waals surface area contributed by atoms with Gasteiger partial charge in [-0.1, -0.05) is 35.3 Å². The Labute approximate surface area is 165 Å². The van der Waals surface area contributed by atoms with Crippen LogP contribution in [0.3, 0.4) is 0 Å². The Bertz CT molecular complexity index is 1070. The number of esters is 1. The molecule has 0 saturated carbocycles. The Morgan fingerprint density at radius 3 is 2.59 bits per heavy atom. The highest BCUT2D eigenvalue weighted by molar-refractivity contribution is 7.90. The maximum atomic E-state index is 12.1. The number of carbonyl (C=O) groups is 2. The van der Waals surface area contributed by atoms with E-state index in [0.29, 0.717) is 10.6 Å². The fraction of sp³-hybridized carbons (Fsp3) is 0.118. The number of nitrogens with one attached hydrogen (secondary N) is 1. The van der Waals surface area contributed by atoms with Gasteiger partial charge >= 0.3 is 5.97 Å². The normalized spacial score (nSPS) is 15.9. The Hall–Kier alpha value is -2.42. The van der Waals surface area contributed by atoms with Gasteiger partial charge in [-0.05, 0) is 30.3 Å². The van der Waals surface area contributed by atoms with Crippen molar-refractivity contribution in [1.82, 2.24) is 4.72 Å². The summed E-state index contributed by atoms with van der Waals surface area (Å²) in [5.74, 6) is -1.23. The van der Waals surface area contributed by atoms with Crippen molar-refractivity contribution in [2.75, 3.05) is 13.2 Å². The molecule has 2 aromatic rings. The number of ketones is 1. The third kappa shape index (κ3) is 4.29. The third-order valence-corrected chi connectivity index (χ3v) is 5.57. The van der Waals surface area contributed by atoms with Crippen LogP contribution in [0.2, 0.25) is 10.0 Å². The van der Waals surface area contributed by atoms with Gasteiger partial charge in [0.25, 0.3) is 10.0 Å². The van der Waals surface area contributed by atoms with Crippen LogP contribution in [0.15, 0.2) is 52.4 Å². The highest BCUT2D eigenvalue weighted by Gasteiger charge is 2.30. The number of nitrogens with zero attached hydrogens (tertiary/aromatic N) is 1. The van der Waals surface area contributed by atoms with E-state index in [9.17, 15) is 18.0 Å². The Balaban J connectivity index is 1.62. The van der Waals surface area contributed by atoms with Crippen molar-refractivity contribution in [2.45, 2.75) is 4.90 Å². The average Bonchev–Trinajstić information content (AvgIpc) is 2.89. The zero-order valence-corrected chi connectivity index (χ0v) is 15.9. The molecule has 1 aliphatic rings. The summed E-state index contributed by atoms with van der Waals surface area (Å²) in [7, 11) is -3.69. The molecule has 1 N–H and O–H groups in total. The van der Waals surface area contributed by atoms with E-state index >= 15 is 0 Å². The summed E-state index contributed by atoms with van der Waals surface area (Å²) < 4.78 is 31.1. The van der Waals surface area contributed by atoms with Crippen molar-refractivity contribution in [3.63, 3.8) is 0 Å². The van der Waals surface area contributed by atoms with Gasteiger partial charge in [-0.25, -0.2) is 8.42 Å². The summed E-state index contributed by atoms with van der Waals surface area (Å²) in [4.78, 5) is 27.9. The molecule has 1 aliphatic heterocycles. The predicted octanol–water partition coefficient (Wildman–Crippen LogP) is 2.46. The van der Waals surface area contributed by atoms with Crippen molar-refractivity contribution in [3.8, 4) is 0 Å². The number of benzene rings is 2. The first-order valence-electron chi connectivity index (χ1n) is 7.58. The van der Waals surface area contributed by atoms with E-state index in [0.717, 1.165) is 0 Å². The lowest BCUT2D eigenvalue weighted by Crippen LogP contribution is -2.24. The lowest BCUT2D eigenvalue weighted by atomic mass is 10.1. The number of hydrogen-bond donors (Lipinski definition) is 1. The fourth-order valence-corrected chi connectivity index (χ4v) is 4.14. The first-order chi connectivity index (χ1) is 12.8. The molecule has 0 unspecified atom stereocenters. The molecule has 0 radical (unpaired) electrons. The largest absolute Gasteiger partial charge is 0.456 e. The summed E-state index contributed by atoms with van der Waals surface area (Å²) in [5.41, 5.74) is 0.548. The fourth-order valence-electron chi connectivity index (χ4n) is 2.38. The van der Waals surface area contributed by atoms with Crippen molar-refractivity contribution >= 4 is 50.8 Å². The van der Waals surface area contributed by atoms with E-state index < -0.39 is 34.9 Å². The lowest BCUT2D eigenvalue weighted by molar-refractivity contribution is -0.140. The summed E-state index contributed by atoms with van der Waals surface area (Å²) in [6.07, 6.45) is 0. The number of amidine groups is 1. The van der Waals surface area contributed by atoms with Gasteiger partial charge in [0.1, 0.15) is 12.4 Å². The number of rotatable bonds is 5. The van der Waals surface area contributed by atoms with Crippen LogP contribution in [0.5, 0.6) is 0 Å². The summed E-state index contributed by atoms with van der Waals surface area (Å²) >= 11 is 11.7. The summed E-state index contributed by atoms with van der Waals surface area (Å²) in [5, 5.41) is 0.532. The van der Waals surface area contributed by atoms with E-state index in [4.69, 9.17) is 27.9 Å². The number of sulfonamides is 1. The highest BCUT2D eigenvalue weighted by Crippen LogP contribution is 2.22. The van der Waals surface area contributed by atoms with E-state index in [1.807, 2.05) is 0 Å². The first-order valence-corrected chi connectivity index (χ1v) is 9.82. The van der Waals surface area contributed by atoms with Crippen LogP contribution >= 0.6 is 23.2 Å². The minimum absolute atomic E-state index is 0.0506. The molecule has 1 heterocycles. The van der Waals surface area contributed by atoms with Crippen LogP contribution in [0.4, 0.5) is 0 Å². The van der Waals surface area contributed by atoms with Crippen molar-refractivity contribution in [2.24, 2.45) is 4.99 Å². The Morgan fingerprint density at radius 2 is 1.85 bits per heavy atom. The second kappa shape index (κ2) is 7.67. The molecular weight excluding hydrogens is 415 g/mol. The van der Waals surface area contributed by atoms with E-state index in [1.165, 1.54) is 24.3 Å². The van der Waals surface area contributed by atoms with Crippen LogP contribution in [0.25, 0.3) is 0 Å². The molecule has 3 rings (SSSR count). The van der Waals surface area contributed by atoms with E-state index in [-0.39, 0.29) is 21.3 Å². The van der Waals surface area contributed by atoms with Gasteiger partial charge in [-0.3, -0.25) is 19.3 Å². The first kappa shape index (κ1) is 19.3. The lowest BCUT2D eigenvalue weighted by Gasteiger charge is -2.05. The number of halogens is 2. The maximum Gasteiger partial charge on any atom is 0.328 e. The minimum Gasteiger partial charge on any atom is -0.456 e. The van der Waals surface area contributed by atoms with Gasteiger partial charge in [0.15, 0.2) is 6.61 Å². The highest BCUT2D eigenvalue weighted by atomic mass is 35.5. The topological polar surface area (TPSA) is 102 Å². The molecule has 10 heteroatoms. The van der Waals surface area contributed by atoms with E-state index in [2.05, 4.69) is 9.71 Å². The SMILES string of the molecule is O=C(CN=C1NS(=O)(=O)c2ccccc21)OCC(=O)c1ccc(Cl)cc1Cl. The Morgan fingerprint density at radius 1 is 1.11 bits per heavy atom. The zero-order valence-electron chi connectivity index (χ0n) is 13.6. The molecular formula is C17H12Cl2N2O5S. The number of Topliss-reactive ketones (excluding diaryl/α,β-unsaturated/α-hetero) is 1. The van der Waals surface area contributed by atoms with Gasteiger partial charge in [0.05, 0.1) is 9.92 Å². The molecule has 0 aliphatic carbocycles. The predicted molar refractivity (Wildman–Crippen MR) is 99.9 cm³/mol. The van der Waals surface area contributed by atoms with Crippen LogP contribution in [0.1, 0.15) is 15.9 Å². The second-order valence-corrected chi connectivity index (χ2v) is 7.97. The molecule has 27 heavy (non-hydrogen) atoms. The maximum absolute atomic E-state index is 12.1. The molecule has 0 spiro atoms. The van der Waals surface area contributed by atoms with Crippen molar-refractivity contribution < 1.29 is 22.7 Å². The number of carbonyl (C=O) groups excluding carboxylic acids is 2. The average molecular weight is 427 g/mol. The van der Waals surface area contributed by atoms with E-state index in [1.54, 1.807) is 18.2 Å². The van der Waals surface area contributed by atoms with Gasteiger partial charge in [-0.2, -0.15) is 0 Å². The van der Waals surface area contributed by atoms with Crippen molar-refractivity contribution in [1.29, 1.82) is 0 Å². The number of ether oxygens (including phenoxy) is 1. The summed E-state index contributed by atoms with van der Waals surface area (Å²) in [6, 6.07) is 10.6. The molecule has 0 saturated heterocycles. The number of aliphatic imine (C=N–C) groups is 1. The standard InChI is InChI=1S/C17H12Cl2N2O5S/c18-10-5-6-11(13(19)7-10)14(22)9-26-16(23)8-20-17-12-3-1-2-4-15(12)27(24,25)21-17/h1-7H,8-9H2,(H,20,21). The molecule has 0 amide bonds. The van der Waals surface area contributed by atoms with Crippen molar-refractivity contribution in [3.05, 3.63) is 63.6 Å². The van der Waals surface area contributed by atoms with Gasteiger partial charge < -0.3 is 4.74 Å². The second-order valence-electron chi connectivity index (χ2n) is 5.47. The quantitative estimate of drug-likeness (QED) is 0.584. The van der Waals surface area contributed by atoms with Gasteiger partial charge in [0.2, 0.25) is 5.78 Å².